The first-order valence-electron chi connectivity index (χ1n) is 12.2. The van der Waals surface area contributed by atoms with Crippen LogP contribution in [-0.4, -0.2) is 34.7 Å². The molecule has 0 unspecified atom stereocenters. The number of carboxylic acid groups (broad SMARTS) is 2. The number of aliphatic carboxylic acids is 2. The minimum atomic E-state index is -1.26. The van der Waals surface area contributed by atoms with Crippen molar-refractivity contribution in [1.82, 2.24) is 0 Å². The van der Waals surface area contributed by atoms with Gasteiger partial charge in [-0.2, -0.15) is 0 Å². The lowest BCUT2D eigenvalue weighted by Crippen LogP contribution is -2.05. The summed E-state index contributed by atoms with van der Waals surface area (Å²) in [5.41, 5.74) is 0. The van der Waals surface area contributed by atoms with E-state index in [2.05, 4.69) is 13.8 Å². The fraction of sp³-hybridized carbons (Fsp3) is 0.800. The van der Waals surface area contributed by atoms with Crippen LogP contribution in [0.25, 0.3) is 0 Å². The molecule has 0 aliphatic rings. The first-order valence-corrected chi connectivity index (χ1v) is 12.2. The number of rotatable bonds is 20. The van der Waals surface area contributed by atoms with Gasteiger partial charge in [-0.05, 0) is 12.8 Å². The predicted molar refractivity (Wildman–Crippen MR) is 125 cm³/mol. The van der Waals surface area contributed by atoms with Gasteiger partial charge in [-0.25, -0.2) is 9.59 Å². The Labute approximate surface area is 189 Å². The Morgan fingerprint density at radius 2 is 0.935 bits per heavy atom. The highest BCUT2D eigenvalue weighted by Gasteiger charge is 2.02. The summed E-state index contributed by atoms with van der Waals surface area (Å²) in [5.74, 6) is -2.50. The second-order valence-corrected chi connectivity index (χ2v) is 7.93. The third kappa shape index (κ3) is 33.0. The summed E-state index contributed by atoms with van der Waals surface area (Å²) in [7, 11) is 0. The average molecular weight is 443 g/mol. The zero-order valence-electron chi connectivity index (χ0n) is 19.9. The maximum atomic E-state index is 11.6. The zero-order chi connectivity index (χ0) is 23.6. The minimum Gasteiger partial charge on any atom is -0.478 e. The van der Waals surface area contributed by atoms with E-state index in [4.69, 9.17) is 14.9 Å². The smallest absolute Gasteiger partial charge is 0.328 e. The predicted octanol–water partition coefficient (Wildman–Crippen LogP) is 6.91. The molecule has 0 atom stereocenters. The monoisotopic (exact) mass is 442 g/mol. The van der Waals surface area contributed by atoms with E-state index in [1.54, 1.807) is 0 Å². The Morgan fingerprint density at radius 1 is 0.581 bits per heavy atom. The Bertz CT molecular complexity index is 443. The van der Waals surface area contributed by atoms with Crippen molar-refractivity contribution < 1.29 is 29.3 Å². The summed E-state index contributed by atoms with van der Waals surface area (Å²) in [6.07, 6.45) is 22.2. The van der Waals surface area contributed by atoms with Crippen LogP contribution in [0.15, 0.2) is 12.2 Å². The molecule has 0 saturated carbocycles. The lowest BCUT2D eigenvalue weighted by Gasteiger charge is -2.05. The second kappa shape index (κ2) is 26.2. The van der Waals surface area contributed by atoms with Crippen molar-refractivity contribution >= 4 is 17.9 Å². The molecule has 0 heterocycles. The molecular formula is C25H46O6. The molecule has 0 aromatic heterocycles. The molecule has 0 aromatic rings. The van der Waals surface area contributed by atoms with Crippen LogP contribution in [0.1, 0.15) is 123 Å². The number of carbonyl (C=O) groups is 3. The Kier molecular flexibility index (Phi) is 26.5. The van der Waals surface area contributed by atoms with Gasteiger partial charge in [0, 0.05) is 18.6 Å². The Balaban J connectivity index is 0. The lowest BCUT2D eigenvalue weighted by molar-refractivity contribution is -0.144. The van der Waals surface area contributed by atoms with Crippen molar-refractivity contribution in [3.8, 4) is 0 Å². The summed E-state index contributed by atoms with van der Waals surface area (Å²) in [4.78, 5) is 30.7. The topological polar surface area (TPSA) is 101 Å². The molecule has 0 amide bonds. The molecule has 0 radical (unpaired) electrons. The molecule has 0 spiro atoms. The fourth-order valence-corrected chi connectivity index (χ4v) is 3.04. The molecule has 0 rings (SSSR count). The number of hydrogen-bond acceptors (Lipinski definition) is 4. The Hall–Kier alpha value is -1.85. The van der Waals surface area contributed by atoms with E-state index in [-0.39, 0.29) is 5.97 Å². The van der Waals surface area contributed by atoms with Crippen molar-refractivity contribution in [3.63, 3.8) is 0 Å². The molecule has 0 aromatic carbocycles. The molecule has 31 heavy (non-hydrogen) atoms. The quantitative estimate of drug-likeness (QED) is 0.121. The first-order chi connectivity index (χ1) is 14.9. The maximum absolute atomic E-state index is 11.6. The SMILES string of the molecule is CCCCCCCCCCCOC(=O)CCCCCCCCC.O=C(O)/C=C/C(=O)O. The van der Waals surface area contributed by atoms with Crippen LogP contribution in [0, 0.1) is 0 Å². The van der Waals surface area contributed by atoms with E-state index in [0.29, 0.717) is 25.2 Å². The second-order valence-electron chi connectivity index (χ2n) is 7.93. The van der Waals surface area contributed by atoms with E-state index >= 15 is 0 Å². The van der Waals surface area contributed by atoms with Crippen molar-refractivity contribution in [1.29, 1.82) is 0 Å². The van der Waals surface area contributed by atoms with E-state index in [0.717, 1.165) is 12.8 Å². The van der Waals surface area contributed by atoms with Crippen molar-refractivity contribution in [2.75, 3.05) is 6.61 Å². The van der Waals surface area contributed by atoms with Crippen LogP contribution >= 0.6 is 0 Å². The normalized spacial score (nSPS) is 10.5. The average Bonchev–Trinajstić information content (AvgIpc) is 2.73. The molecule has 0 aliphatic carbocycles. The van der Waals surface area contributed by atoms with Gasteiger partial charge in [0.15, 0.2) is 0 Å². The zero-order valence-corrected chi connectivity index (χ0v) is 19.9. The summed E-state index contributed by atoms with van der Waals surface area (Å²) < 4.78 is 5.31. The summed E-state index contributed by atoms with van der Waals surface area (Å²) in [6, 6.07) is 0. The third-order valence-corrected chi connectivity index (χ3v) is 4.86. The first kappa shape index (κ1) is 31.3. The highest BCUT2D eigenvalue weighted by atomic mass is 16.5. The number of carboxylic acids is 2. The number of carbonyl (C=O) groups excluding carboxylic acids is 1. The molecule has 0 bridgehead atoms. The number of unbranched alkanes of at least 4 members (excludes halogenated alkanes) is 14. The van der Waals surface area contributed by atoms with Crippen LogP contribution in [0.5, 0.6) is 0 Å². The standard InChI is InChI=1S/C21H42O2.C4H4O4/c1-3-5-7-9-11-12-14-16-18-20-23-21(22)19-17-15-13-10-8-6-4-2;5-3(6)1-2-4(7)8/h3-20H2,1-2H3;1-2H,(H,5,6)(H,7,8)/b;2-1+. The minimum absolute atomic E-state index is 0.0122. The molecule has 6 heteroatoms. The van der Waals surface area contributed by atoms with Crippen molar-refractivity contribution in [2.24, 2.45) is 0 Å². The van der Waals surface area contributed by atoms with Gasteiger partial charge < -0.3 is 14.9 Å². The molecule has 0 saturated heterocycles. The van der Waals surface area contributed by atoms with Crippen molar-refractivity contribution in [3.05, 3.63) is 12.2 Å². The fourth-order valence-electron chi connectivity index (χ4n) is 3.04. The molecule has 2 N–H and O–H groups in total. The number of esters is 1. The maximum Gasteiger partial charge on any atom is 0.328 e. The van der Waals surface area contributed by atoms with Gasteiger partial charge >= 0.3 is 17.9 Å². The van der Waals surface area contributed by atoms with Crippen molar-refractivity contribution in [2.45, 2.75) is 123 Å². The molecule has 182 valence electrons. The van der Waals surface area contributed by atoms with E-state index in [9.17, 15) is 14.4 Å². The van der Waals surface area contributed by atoms with Gasteiger partial charge in [-0.3, -0.25) is 4.79 Å². The van der Waals surface area contributed by atoms with Gasteiger partial charge in [0.1, 0.15) is 0 Å². The van der Waals surface area contributed by atoms with Crippen LogP contribution in [0.3, 0.4) is 0 Å². The van der Waals surface area contributed by atoms with E-state index in [1.807, 2.05) is 0 Å². The molecular weight excluding hydrogens is 396 g/mol. The number of ether oxygens (including phenoxy) is 1. The molecule has 6 nitrogen and oxygen atoms in total. The van der Waals surface area contributed by atoms with E-state index < -0.39 is 11.9 Å². The van der Waals surface area contributed by atoms with Gasteiger partial charge in [0.25, 0.3) is 0 Å². The van der Waals surface area contributed by atoms with Crippen LogP contribution < -0.4 is 0 Å². The molecule has 0 aliphatic heterocycles. The molecule has 0 fully saturated rings. The Morgan fingerprint density at radius 3 is 1.32 bits per heavy atom. The number of hydrogen-bond donors (Lipinski definition) is 2. The van der Waals surface area contributed by atoms with Gasteiger partial charge in [0.05, 0.1) is 6.61 Å². The highest BCUT2D eigenvalue weighted by molar-refractivity contribution is 5.89. The van der Waals surface area contributed by atoms with Crippen LogP contribution in [0.4, 0.5) is 0 Å². The largest absolute Gasteiger partial charge is 0.478 e. The lowest BCUT2D eigenvalue weighted by atomic mass is 10.1. The van der Waals surface area contributed by atoms with E-state index in [1.165, 1.54) is 89.9 Å². The van der Waals surface area contributed by atoms with Crippen LogP contribution in [-0.2, 0) is 19.1 Å². The van der Waals surface area contributed by atoms with Gasteiger partial charge in [0.2, 0.25) is 0 Å². The van der Waals surface area contributed by atoms with Gasteiger partial charge in [-0.1, -0.05) is 104 Å². The highest BCUT2D eigenvalue weighted by Crippen LogP contribution is 2.11. The summed E-state index contributed by atoms with van der Waals surface area (Å²) >= 11 is 0. The third-order valence-electron chi connectivity index (χ3n) is 4.86. The van der Waals surface area contributed by atoms with Gasteiger partial charge in [-0.15, -0.1) is 0 Å². The van der Waals surface area contributed by atoms with Crippen LogP contribution in [0.2, 0.25) is 0 Å². The summed E-state index contributed by atoms with van der Waals surface area (Å²) in [6.45, 7) is 5.13. The summed E-state index contributed by atoms with van der Waals surface area (Å²) in [5, 5.41) is 15.6.